The molecule has 23 heavy (non-hydrogen) atoms. The number of hydrogen-bond donors (Lipinski definition) is 1. The van der Waals surface area contributed by atoms with E-state index in [-0.39, 0.29) is 11.3 Å². The van der Waals surface area contributed by atoms with Crippen molar-refractivity contribution in [3.8, 4) is 0 Å². The molecule has 0 amide bonds. The minimum atomic E-state index is -4.56. The van der Waals surface area contributed by atoms with Crippen molar-refractivity contribution in [2.45, 2.75) is 12.4 Å². The third kappa shape index (κ3) is 4.48. The van der Waals surface area contributed by atoms with Crippen molar-refractivity contribution in [1.29, 1.82) is 0 Å². The van der Waals surface area contributed by atoms with Crippen molar-refractivity contribution in [3.05, 3.63) is 65.2 Å². The zero-order valence-corrected chi connectivity index (χ0v) is 11.4. The van der Waals surface area contributed by atoms with Crippen LogP contribution in [-0.2, 0) is 12.4 Å². The highest BCUT2D eigenvalue weighted by atomic mass is 19.4. The summed E-state index contributed by atoms with van der Waals surface area (Å²) < 4.78 is 76.0. The lowest BCUT2D eigenvalue weighted by Crippen LogP contribution is -2.08. The van der Waals surface area contributed by atoms with Crippen LogP contribution in [0.3, 0.4) is 0 Å². The number of halogens is 6. The number of rotatable bonds is 3. The van der Waals surface area contributed by atoms with Crippen LogP contribution < -0.4 is 5.43 Å². The third-order valence-corrected chi connectivity index (χ3v) is 2.85. The largest absolute Gasteiger partial charge is 0.418 e. The smallest absolute Gasteiger partial charge is 0.278 e. The number of hydrogen-bond acceptors (Lipinski definition) is 2. The Morgan fingerprint density at radius 3 is 2.17 bits per heavy atom. The van der Waals surface area contributed by atoms with E-state index in [4.69, 9.17) is 0 Å². The van der Waals surface area contributed by atoms with Gasteiger partial charge in [0.05, 0.1) is 23.0 Å². The molecule has 122 valence electrons. The van der Waals surface area contributed by atoms with E-state index in [1.807, 2.05) is 0 Å². The quantitative estimate of drug-likeness (QED) is 0.468. The molecule has 0 heterocycles. The number of anilines is 1. The molecule has 0 atom stereocenters. The van der Waals surface area contributed by atoms with Crippen molar-refractivity contribution < 1.29 is 26.3 Å². The number of hydrazone groups is 1. The summed E-state index contributed by atoms with van der Waals surface area (Å²) in [6, 6.07) is 8.95. The minimum absolute atomic E-state index is 0.108. The van der Waals surface area contributed by atoms with Gasteiger partial charge in [-0.2, -0.15) is 31.4 Å². The van der Waals surface area contributed by atoms with Gasteiger partial charge in [0.1, 0.15) is 0 Å². The van der Waals surface area contributed by atoms with Crippen LogP contribution in [0.4, 0.5) is 32.0 Å². The standard InChI is InChI=1S/C15H10F6N2/c16-14(17,18)11-5-3-4-10(8-11)9-22-23-13-7-2-1-6-12(13)15(19,20)21/h1-9,23H. The lowest BCUT2D eigenvalue weighted by molar-refractivity contribution is -0.138. The summed E-state index contributed by atoms with van der Waals surface area (Å²) in [4.78, 5) is 0. The van der Waals surface area contributed by atoms with Crippen LogP contribution in [0.1, 0.15) is 16.7 Å². The highest BCUT2D eigenvalue weighted by Crippen LogP contribution is 2.34. The van der Waals surface area contributed by atoms with E-state index < -0.39 is 23.5 Å². The van der Waals surface area contributed by atoms with Crippen LogP contribution in [0.15, 0.2) is 53.6 Å². The molecule has 0 saturated heterocycles. The van der Waals surface area contributed by atoms with Gasteiger partial charge in [0.15, 0.2) is 0 Å². The first-order valence-electron chi connectivity index (χ1n) is 6.30. The van der Waals surface area contributed by atoms with E-state index in [2.05, 4.69) is 10.5 Å². The first-order valence-corrected chi connectivity index (χ1v) is 6.30. The van der Waals surface area contributed by atoms with Crippen molar-refractivity contribution in [1.82, 2.24) is 0 Å². The SMILES string of the molecule is FC(F)(F)c1cccc(C=NNc2ccccc2C(F)(F)F)c1. The van der Waals surface area contributed by atoms with Gasteiger partial charge in [-0.25, -0.2) is 0 Å². The minimum Gasteiger partial charge on any atom is -0.278 e. The summed E-state index contributed by atoms with van der Waals surface area (Å²) in [5.74, 6) is 0. The number of nitrogens with zero attached hydrogens (tertiary/aromatic N) is 1. The van der Waals surface area contributed by atoms with Crippen molar-refractivity contribution >= 4 is 11.9 Å². The van der Waals surface area contributed by atoms with Gasteiger partial charge in [-0.15, -0.1) is 0 Å². The van der Waals surface area contributed by atoms with E-state index in [9.17, 15) is 26.3 Å². The molecular weight excluding hydrogens is 322 g/mol. The summed E-state index contributed by atoms with van der Waals surface area (Å²) >= 11 is 0. The van der Waals surface area contributed by atoms with E-state index >= 15 is 0 Å². The van der Waals surface area contributed by atoms with E-state index in [0.717, 1.165) is 24.4 Å². The summed E-state index contributed by atoms with van der Waals surface area (Å²) in [5, 5.41) is 3.57. The topological polar surface area (TPSA) is 24.4 Å². The monoisotopic (exact) mass is 332 g/mol. The number of nitrogens with one attached hydrogen (secondary N) is 1. The molecule has 2 aromatic carbocycles. The number of benzene rings is 2. The predicted molar refractivity (Wildman–Crippen MR) is 74.1 cm³/mol. The van der Waals surface area contributed by atoms with Gasteiger partial charge in [-0.1, -0.05) is 24.3 Å². The maximum atomic E-state index is 12.8. The molecule has 0 bridgehead atoms. The highest BCUT2D eigenvalue weighted by Gasteiger charge is 2.33. The van der Waals surface area contributed by atoms with Gasteiger partial charge in [0, 0.05) is 0 Å². The Morgan fingerprint density at radius 2 is 1.52 bits per heavy atom. The third-order valence-electron chi connectivity index (χ3n) is 2.85. The molecule has 2 aromatic rings. The van der Waals surface area contributed by atoms with Gasteiger partial charge < -0.3 is 0 Å². The fourth-order valence-electron chi connectivity index (χ4n) is 1.80. The maximum Gasteiger partial charge on any atom is 0.418 e. The summed E-state index contributed by atoms with van der Waals surface area (Å²) in [6.45, 7) is 0. The normalized spacial score (nSPS) is 12.6. The van der Waals surface area contributed by atoms with E-state index in [1.54, 1.807) is 0 Å². The van der Waals surface area contributed by atoms with Crippen LogP contribution in [0.2, 0.25) is 0 Å². The Kier molecular flexibility index (Phi) is 4.63. The van der Waals surface area contributed by atoms with Crippen molar-refractivity contribution in [2.24, 2.45) is 5.10 Å². The molecule has 0 radical (unpaired) electrons. The highest BCUT2D eigenvalue weighted by molar-refractivity contribution is 5.80. The van der Waals surface area contributed by atoms with Crippen molar-refractivity contribution in [3.63, 3.8) is 0 Å². The molecular formula is C15H10F6N2. The molecule has 0 aromatic heterocycles. The molecule has 0 fully saturated rings. The van der Waals surface area contributed by atoms with Crippen LogP contribution in [-0.4, -0.2) is 6.21 Å². The van der Waals surface area contributed by atoms with E-state index in [0.29, 0.717) is 0 Å². The molecule has 2 nitrogen and oxygen atoms in total. The second-order valence-corrected chi connectivity index (χ2v) is 4.54. The number of alkyl halides is 6. The van der Waals surface area contributed by atoms with Gasteiger partial charge in [-0.05, 0) is 29.8 Å². The molecule has 2 rings (SSSR count). The molecule has 0 spiro atoms. The number of para-hydroxylation sites is 1. The van der Waals surface area contributed by atoms with Gasteiger partial charge in [-0.3, -0.25) is 5.43 Å². The average molecular weight is 332 g/mol. The van der Waals surface area contributed by atoms with Crippen LogP contribution in [0.25, 0.3) is 0 Å². The Morgan fingerprint density at radius 1 is 0.826 bits per heavy atom. The van der Waals surface area contributed by atoms with Crippen LogP contribution >= 0.6 is 0 Å². The van der Waals surface area contributed by atoms with E-state index in [1.165, 1.54) is 30.3 Å². The summed E-state index contributed by atoms with van der Waals surface area (Å²) in [7, 11) is 0. The second kappa shape index (κ2) is 6.31. The lowest BCUT2D eigenvalue weighted by atomic mass is 10.1. The summed E-state index contributed by atoms with van der Waals surface area (Å²) in [5.41, 5.74) is 0.235. The fourth-order valence-corrected chi connectivity index (χ4v) is 1.80. The summed E-state index contributed by atoms with van der Waals surface area (Å²) in [6.07, 6.45) is -8.04. The molecule has 0 aliphatic heterocycles. The zero-order chi connectivity index (χ0) is 17.1. The van der Waals surface area contributed by atoms with Crippen LogP contribution in [0.5, 0.6) is 0 Å². The lowest BCUT2D eigenvalue weighted by Gasteiger charge is -2.11. The second-order valence-electron chi connectivity index (χ2n) is 4.54. The van der Waals surface area contributed by atoms with Gasteiger partial charge >= 0.3 is 12.4 Å². The predicted octanol–water partition coefficient (Wildman–Crippen LogP) is 5.17. The molecule has 8 heteroatoms. The van der Waals surface area contributed by atoms with Crippen LogP contribution in [0, 0.1) is 0 Å². The van der Waals surface area contributed by atoms with Gasteiger partial charge in [0.25, 0.3) is 0 Å². The Labute approximate surface area is 127 Å². The Bertz CT molecular complexity index is 704. The Hall–Kier alpha value is -2.51. The molecule has 0 saturated carbocycles. The fraction of sp³-hybridized carbons (Fsp3) is 0.133. The molecule has 0 unspecified atom stereocenters. The molecule has 0 aliphatic rings. The molecule has 1 N–H and O–H groups in total. The zero-order valence-electron chi connectivity index (χ0n) is 11.4. The first-order chi connectivity index (χ1) is 10.7. The Balaban J connectivity index is 2.18. The van der Waals surface area contributed by atoms with Crippen molar-refractivity contribution in [2.75, 3.05) is 5.43 Å². The molecule has 0 aliphatic carbocycles. The average Bonchev–Trinajstić information content (AvgIpc) is 2.46. The van der Waals surface area contributed by atoms with Gasteiger partial charge in [0.2, 0.25) is 0 Å². The first kappa shape index (κ1) is 16.9. The maximum absolute atomic E-state index is 12.8.